The number of nitrogens with one attached hydrogen (secondary N) is 1. The number of nitrogens with two attached hydrogens (primary N) is 1. The first-order valence-electron chi connectivity index (χ1n) is 9.62. The fourth-order valence-electron chi connectivity index (χ4n) is 3.28. The number of imidazole rings is 2. The summed E-state index contributed by atoms with van der Waals surface area (Å²) in [7, 11) is -4.86. The summed E-state index contributed by atoms with van der Waals surface area (Å²) in [6.45, 7) is -0.665. The van der Waals surface area contributed by atoms with Gasteiger partial charge < -0.3 is 35.9 Å². The van der Waals surface area contributed by atoms with Crippen LogP contribution in [0.4, 0.5) is 5.82 Å². The van der Waals surface area contributed by atoms with E-state index in [-0.39, 0.29) is 23.4 Å². The lowest BCUT2D eigenvalue weighted by Crippen LogP contribution is -2.66. The van der Waals surface area contributed by atoms with Crippen LogP contribution >= 0.6 is 7.82 Å². The van der Waals surface area contributed by atoms with Gasteiger partial charge in [0, 0.05) is 11.9 Å². The van der Waals surface area contributed by atoms with Crippen molar-refractivity contribution in [2.45, 2.75) is 37.0 Å². The number of aromatic amines is 1. The van der Waals surface area contributed by atoms with Crippen LogP contribution in [-0.4, -0.2) is 81.5 Å². The van der Waals surface area contributed by atoms with E-state index < -0.39 is 51.0 Å². The van der Waals surface area contributed by atoms with Gasteiger partial charge in [-0.3, -0.25) is 14.0 Å². The van der Waals surface area contributed by atoms with Crippen LogP contribution in [0.25, 0.3) is 11.2 Å². The molecule has 17 heteroatoms. The number of rotatable bonds is 8. The second kappa shape index (κ2) is 9.11. The molecule has 4 heterocycles. The highest BCUT2D eigenvalue weighted by molar-refractivity contribution is 7.48. The molecule has 0 spiro atoms. The molecular weight excluding hydrogens is 463 g/mol. The molecule has 1 saturated heterocycles. The first-order chi connectivity index (χ1) is 15.7. The number of H-pyrrole nitrogens is 1. The molecule has 1 aliphatic heterocycles. The summed E-state index contributed by atoms with van der Waals surface area (Å²) in [6.07, 6.45) is 0.160. The summed E-state index contributed by atoms with van der Waals surface area (Å²) in [5.41, 5.74) is 10.4. The molecule has 9 N–H and O–H groups in total. The smallest absolute Gasteiger partial charge is 0.387 e. The van der Waals surface area contributed by atoms with Gasteiger partial charge in [-0.2, -0.15) is 0 Å². The van der Waals surface area contributed by atoms with E-state index in [1.807, 2.05) is 0 Å². The van der Waals surface area contributed by atoms with Gasteiger partial charge in [0.2, 0.25) is 0 Å². The lowest BCUT2D eigenvalue weighted by Gasteiger charge is -2.18. The van der Waals surface area contributed by atoms with Gasteiger partial charge in [0.25, 0.3) is 0 Å². The van der Waals surface area contributed by atoms with Crippen LogP contribution < -0.4 is 11.5 Å². The molecule has 4 rings (SSSR count). The lowest BCUT2D eigenvalue weighted by atomic mass is 10.1. The molecule has 3 aromatic heterocycles. The first kappa shape index (κ1) is 23.2. The number of ether oxygens (including phenoxy) is 1. The predicted octanol–water partition coefficient (Wildman–Crippen LogP) is -2.74. The number of carbonyl (C=O) groups excluding carboxylic acids is 1. The van der Waals surface area contributed by atoms with Crippen molar-refractivity contribution in [2.24, 2.45) is 0 Å². The number of quaternary nitrogens is 1. The number of aliphatic hydroxyl groups excluding tert-OH is 2. The second-order valence-corrected chi connectivity index (χ2v) is 8.66. The molecular formula is C16H22N8O8P+. The molecule has 0 amide bonds. The van der Waals surface area contributed by atoms with Gasteiger partial charge in [0.1, 0.15) is 30.2 Å². The number of carbonyl (C=O) groups is 1. The molecule has 33 heavy (non-hydrogen) atoms. The number of aliphatic hydroxyl groups is 2. The van der Waals surface area contributed by atoms with Crippen molar-refractivity contribution >= 4 is 30.8 Å². The molecule has 6 atom stereocenters. The largest absolute Gasteiger partial charge is 0.529 e. The summed E-state index contributed by atoms with van der Waals surface area (Å²) in [5, 5.41) is 20.7. The van der Waals surface area contributed by atoms with Gasteiger partial charge in [-0.15, -0.1) is 0 Å². The molecule has 16 nitrogen and oxygen atoms in total. The highest BCUT2D eigenvalue weighted by atomic mass is 31.2. The molecule has 0 bridgehead atoms. The fraction of sp³-hybridized carbons (Fsp3) is 0.438. The highest BCUT2D eigenvalue weighted by Crippen LogP contribution is 2.45. The number of fused-ring (bicyclic) bond motifs is 1. The maximum absolute atomic E-state index is 12.2. The molecule has 0 aromatic carbocycles. The van der Waals surface area contributed by atoms with Crippen molar-refractivity contribution in [1.29, 1.82) is 0 Å². The first-order valence-corrected chi connectivity index (χ1v) is 11.1. The van der Waals surface area contributed by atoms with Crippen LogP contribution in [0.2, 0.25) is 0 Å². The van der Waals surface area contributed by atoms with E-state index >= 15 is 0 Å². The Hall–Kier alpha value is -2.98. The fourth-order valence-corrected chi connectivity index (χ4v) is 4.04. The summed E-state index contributed by atoms with van der Waals surface area (Å²) < 4.78 is 28.5. The van der Waals surface area contributed by atoms with Crippen LogP contribution in [0, 0.1) is 0 Å². The number of anilines is 1. The summed E-state index contributed by atoms with van der Waals surface area (Å²) in [5.74, 6) is -0.950. The molecule has 1 aliphatic rings. The van der Waals surface area contributed by atoms with E-state index in [1.165, 1.54) is 29.7 Å². The number of nitrogen functional groups attached to an aromatic ring is 1. The Morgan fingerprint density at radius 3 is 2.88 bits per heavy atom. The minimum Gasteiger partial charge on any atom is -0.387 e. The molecule has 1 unspecified atom stereocenters. The zero-order valence-corrected chi connectivity index (χ0v) is 17.9. The zero-order chi connectivity index (χ0) is 23.8. The number of phosphoric ester groups is 1. The van der Waals surface area contributed by atoms with E-state index in [0.717, 1.165) is 0 Å². The number of phosphoric acid groups is 1. The number of hydrogen-bond acceptors (Lipinski definition) is 12. The molecule has 3 aromatic rings. The average molecular weight is 485 g/mol. The Kier molecular flexibility index (Phi) is 6.40. The Bertz CT molecular complexity index is 1170. The van der Waals surface area contributed by atoms with Gasteiger partial charge in [-0.25, -0.2) is 29.3 Å². The van der Waals surface area contributed by atoms with Gasteiger partial charge in [-0.1, -0.05) is 0 Å². The standard InChI is InChI=1S/C16H21N8O8P/c17-8(1-7-2-19-4-20-7)16(27)32-33(28,29)30-3-9-11(25)12(26)15(31-9)24-6-23-10-13(18)21-5-22-14(10)24/h2,4-6,8-9,11-12,15,25-26H,1,3,17H2,(H,19,20)(H,28,29)(H2,18,21,22)/p+1/t8-,9+,11+,12+,15+/m0/s1. The van der Waals surface area contributed by atoms with E-state index in [4.69, 9.17) is 15.0 Å². The Balaban J connectivity index is 1.37. The van der Waals surface area contributed by atoms with Crippen LogP contribution in [0.15, 0.2) is 25.2 Å². The quantitative estimate of drug-likeness (QED) is 0.177. The van der Waals surface area contributed by atoms with E-state index in [0.29, 0.717) is 5.69 Å². The Morgan fingerprint density at radius 1 is 1.36 bits per heavy atom. The zero-order valence-electron chi connectivity index (χ0n) is 17.0. The van der Waals surface area contributed by atoms with Crippen LogP contribution in [-0.2, 0) is 29.6 Å². The second-order valence-electron chi connectivity index (χ2n) is 7.28. The third-order valence-electron chi connectivity index (χ3n) is 4.96. The van der Waals surface area contributed by atoms with Crippen molar-refractivity contribution in [3.05, 3.63) is 30.9 Å². The molecule has 0 saturated carbocycles. The van der Waals surface area contributed by atoms with E-state index in [2.05, 4.69) is 35.2 Å². The van der Waals surface area contributed by atoms with Crippen LogP contribution in [0.3, 0.4) is 0 Å². The number of hydrogen-bond donors (Lipinski definition) is 6. The van der Waals surface area contributed by atoms with Crippen molar-refractivity contribution in [2.75, 3.05) is 12.3 Å². The third-order valence-corrected chi connectivity index (χ3v) is 5.85. The molecule has 178 valence electrons. The summed E-state index contributed by atoms with van der Waals surface area (Å²) in [6, 6.07) is -1.00. The molecule has 1 fully saturated rings. The Labute approximate surface area is 185 Å². The molecule has 0 radical (unpaired) electrons. The number of nitrogens with zero attached hydrogens (tertiary/aromatic N) is 5. The van der Waals surface area contributed by atoms with Crippen LogP contribution in [0.5, 0.6) is 0 Å². The van der Waals surface area contributed by atoms with Gasteiger partial charge in [-0.05, 0) is 0 Å². The predicted molar refractivity (Wildman–Crippen MR) is 106 cm³/mol. The van der Waals surface area contributed by atoms with Crippen molar-refractivity contribution in [3.63, 3.8) is 0 Å². The van der Waals surface area contributed by atoms with E-state index in [1.54, 1.807) is 0 Å². The van der Waals surface area contributed by atoms with Crippen molar-refractivity contribution in [1.82, 2.24) is 29.5 Å². The van der Waals surface area contributed by atoms with Gasteiger partial charge in [0.05, 0.1) is 25.7 Å². The Morgan fingerprint density at radius 2 is 2.15 bits per heavy atom. The average Bonchev–Trinajstić information content (AvgIpc) is 3.48. The van der Waals surface area contributed by atoms with Crippen molar-refractivity contribution in [3.8, 4) is 0 Å². The molecule has 0 aliphatic carbocycles. The van der Waals surface area contributed by atoms with Gasteiger partial charge in [0.15, 0.2) is 23.7 Å². The highest BCUT2D eigenvalue weighted by Gasteiger charge is 2.46. The summed E-state index contributed by atoms with van der Waals surface area (Å²) >= 11 is 0. The monoisotopic (exact) mass is 485 g/mol. The number of aromatic nitrogens is 6. The summed E-state index contributed by atoms with van der Waals surface area (Å²) in [4.78, 5) is 40.5. The van der Waals surface area contributed by atoms with Gasteiger partial charge >= 0.3 is 13.8 Å². The van der Waals surface area contributed by atoms with Crippen molar-refractivity contribution < 1.29 is 44.0 Å². The third kappa shape index (κ3) is 4.86. The van der Waals surface area contributed by atoms with Crippen LogP contribution in [0.1, 0.15) is 11.9 Å². The maximum atomic E-state index is 12.2. The topological polar surface area (TPSA) is 248 Å². The van der Waals surface area contributed by atoms with E-state index in [9.17, 15) is 24.5 Å². The lowest BCUT2D eigenvalue weighted by molar-refractivity contribution is -0.406. The normalized spacial score (nSPS) is 25.7. The maximum Gasteiger partial charge on any atom is 0.529 e. The minimum atomic E-state index is -4.86. The SMILES string of the molecule is Nc1ncnc2c1ncn2[C@@H]1O[C@H](COP(=O)(O)OC(=O)[C@@H]([NH3+])Cc2cnc[nH]2)[C@@H](O)[C@H]1O. The minimum absolute atomic E-state index is 0.101.